The van der Waals surface area contributed by atoms with Gasteiger partial charge in [-0.15, -0.1) is 0 Å². The molecule has 7 nitrogen and oxygen atoms in total. The highest BCUT2D eigenvalue weighted by atomic mass is 35.5. The second-order valence-corrected chi connectivity index (χ2v) is 7.38. The first kappa shape index (κ1) is 20.7. The number of methoxy groups -OCH3 is 1. The van der Waals surface area contributed by atoms with Gasteiger partial charge in [-0.1, -0.05) is 16.8 Å². The van der Waals surface area contributed by atoms with Crippen molar-refractivity contribution in [3.05, 3.63) is 76.3 Å². The van der Waals surface area contributed by atoms with Crippen LogP contribution in [0.2, 0.25) is 5.15 Å². The number of amides is 1. The van der Waals surface area contributed by atoms with Gasteiger partial charge in [-0.2, -0.15) is 0 Å². The third-order valence-electron chi connectivity index (χ3n) is 4.91. The van der Waals surface area contributed by atoms with Crippen molar-refractivity contribution < 1.29 is 23.3 Å². The molecule has 0 spiro atoms. The number of furan rings is 1. The van der Waals surface area contributed by atoms with Gasteiger partial charge in [-0.05, 0) is 43.3 Å². The Morgan fingerprint density at radius 2 is 1.90 bits per heavy atom. The molecule has 2 aromatic heterocycles. The number of carbonyl (C=O) groups excluding carboxylic acids is 2. The maximum atomic E-state index is 12.9. The number of benzene rings is 2. The van der Waals surface area contributed by atoms with Gasteiger partial charge in [-0.25, -0.2) is 0 Å². The van der Waals surface area contributed by atoms with E-state index in [0.29, 0.717) is 34.8 Å². The second-order valence-electron chi connectivity index (χ2n) is 6.99. The van der Waals surface area contributed by atoms with Crippen LogP contribution >= 0.6 is 11.6 Å². The third kappa shape index (κ3) is 4.46. The smallest absolute Gasteiger partial charge is 0.228 e. The zero-order valence-corrected chi connectivity index (χ0v) is 17.7. The van der Waals surface area contributed by atoms with Gasteiger partial charge in [0.15, 0.2) is 10.9 Å². The largest absolute Gasteiger partial charge is 0.497 e. The van der Waals surface area contributed by atoms with Crippen molar-refractivity contribution in [2.75, 3.05) is 12.4 Å². The Morgan fingerprint density at radius 1 is 1.13 bits per heavy atom. The summed E-state index contributed by atoms with van der Waals surface area (Å²) in [6.45, 7) is 1.84. The molecule has 0 saturated carbocycles. The zero-order chi connectivity index (χ0) is 22.0. The van der Waals surface area contributed by atoms with E-state index < -0.39 is 0 Å². The highest BCUT2D eigenvalue weighted by Gasteiger charge is 2.20. The van der Waals surface area contributed by atoms with Gasteiger partial charge in [0.25, 0.3) is 0 Å². The molecule has 2 aromatic carbocycles. The van der Waals surface area contributed by atoms with Crippen molar-refractivity contribution in [2.45, 2.75) is 19.8 Å². The molecule has 8 heteroatoms. The summed E-state index contributed by atoms with van der Waals surface area (Å²) in [5, 5.41) is 7.47. The molecule has 0 atom stereocenters. The molecule has 0 bridgehead atoms. The number of hydrogen-bond donors (Lipinski definition) is 1. The van der Waals surface area contributed by atoms with Crippen molar-refractivity contribution in [1.82, 2.24) is 5.16 Å². The van der Waals surface area contributed by atoms with E-state index in [1.807, 2.05) is 13.0 Å². The minimum absolute atomic E-state index is 0.190. The summed E-state index contributed by atoms with van der Waals surface area (Å²) in [7, 11) is 1.57. The first-order valence-electron chi connectivity index (χ1n) is 9.57. The predicted octanol–water partition coefficient (Wildman–Crippen LogP) is 5.19. The topological polar surface area (TPSA) is 94.6 Å². The van der Waals surface area contributed by atoms with E-state index in [4.69, 9.17) is 25.3 Å². The Balaban J connectivity index is 1.50. The van der Waals surface area contributed by atoms with E-state index in [9.17, 15) is 9.59 Å². The standard InChI is InChI=1S/C23H19ClN2O5/c1-13-18-9-5-15(25-21(27)10-8-17-12-20(24)26-31-17)11-19(18)30-23(13)22(28)14-3-6-16(29-2)7-4-14/h3-7,9,11-12H,8,10H2,1-2H3,(H,25,27). The first-order chi connectivity index (χ1) is 14.9. The number of nitrogens with zero attached hydrogens (tertiary/aromatic N) is 1. The molecular weight excluding hydrogens is 420 g/mol. The number of anilines is 1. The Bertz CT molecular complexity index is 1260. The number of rotatable bonds is 7. The summed E-state index contributed by atoms with van der Waals surface area (Å²) in [6, 6.07) is 13.7. The maximum Gasteiger partial charge on any atom is 0.228 e. The molecule has 0 saturated heterocycles. The van der Waals surface area contributed by atoms with E-state index in [-0.39, 0.29) is 29.0 Å². The molecule has 0 radical (unpaired) electrons. The van der Waals surface area contributed by atoms with Crippen LogP contribution in [0.5, 0.6) is 5.75 Å². The Labute approximate surface area is 182 Å². The summed E-state index contributed by atoms with van der Waals surface area (Å²) >= 11 is 5.71. The summed E-state index contributed by atoms with van der Waals surface area (Å²) < 4.78 is 16.0. The average molecular weight is 439 g/mol. The summed E-state index contributed by atoms with van der Waals surface area (Å²) in [6.07, 6.45) is 0.593. The zero-order valence-electron chi connectivity index (χ0n) is 16.9. The molecular formula is C23H19ClN2O5. The van der Waals surface area contributed by atoms with Gasteiger partial charge in [0.2, 0.25) is 11.7 Å². The fourth-order valence-corrected chi connectivity index (χ4v) is 3.42. The van der Waals surface area contributed by atoms with E-state index in [0.717, 1.165) is 10.9 Å². The minimum Gasteiger partial charge on any atom is -0.497 e. The molecule has 4 rings (SSSR count). The fraction of sp³-hybridized carbons (Fsp3) is 0.174. The number of hydrogen-bond acceptors (Lipinski definition) is 6. The van der Waals surface area contributed by atoms with Crippen molar-refractivity contribution in [3.8, 4) is 5.75 Å². The van der Waals surface area contributed by atoms with Gasteiger partial charge < -0.3 is 19.0 Å². The minimum atomic E-state index is -0.215. The van der Waals surface area contributed by atoms with Gasteiger partial charge in [0.05, 0.1) is 7.11 Å². The van der Waals surface area contributed by atoms with Crippen LogP contribution in [0.3, 0.4) is 0 Å². The molecule has 0 aliphatic rings. The molecule has 158 valence electrons. The molecule has 1 amide bonds. The van der Waals surface area contributed by atoms with Crippen molar-refractivity contribution in [1.29, 1.82) is 0 Å². The van der Waals surface area contributed by atoms with E-state index in [1.165, 1.54) is 0 Å². The van der Waals surface area contributed by atoms with Crippen LogP contribution in [0.25, 0.3) is 11.0 Å². The second kappa shape index (κ2) is 8.65. The van der Waals surface area contributed by atoms with Gasteiger partial charge in [0.1, 0.15) is 17.1 Å². The lowest BCUT2D eigenvalue weighted by molar-refractivity contribution is -0.116. The maximum absolute atomic E-state index is 12.9. The normalized spacial score (nSPS) is 10.9. The quantitative estimate of drug-likeness (QED) is 0.399. The van der Waals surface area contributed by atoms with Crippen LogP contribution in [0.1, 0.15) is 33.9 Å². The van der Waals surface area contributed by atoms with Crippen LogP contribution in [0.4, 0.5) is 5.69 Å². The molecule has 0 fully saturated rings. The monoisotopic (exact) mass is 438 g/mol. The summed E-state index contributed by atoms with van der Waals surface area (Å²) in [4.78, 5) is 25.1. The lowest BCUT2D eigenvalue weighted by atomic mass is 10.0. The van der Waals surface area contributed by atoms with E-state index >= 15 is 0 Å². The van der Waals surface area contributed by atoms with Crippen molar-refractivity contribution >= 4 is 39.9 Å². The van der Waals surface area contributed by atoms with Crippen LogP contribution in [0, 0.1) is 6.92 Å². The predicted molar refractivity (Wildman–Crippen MR) is 116 cm³/mol. The van der Waals surface area contributed by atoms with Crippen LogP contribution in [-0.4, -0.2) is 24.0 Å². The number of ether oxygens (including phenoxy) is 1. The van der Waals surface area contributed by atoms with Crippen LogP contribution in [0.15, 0.2) is 57.5 Å². The Kier molecular flexibility index (Phi) is 5.77. The number of nitrogens with one attached hydrogen (secondary N) is 1. The molecule has 2 heterocycles. The molecule has 0 aliphatic carbocycles. The number of fused-ring (bicyclic) bond motifs is 1. The van der Waals surface area contributed by atoms with Gasteiger partial charge in [-0.3, -0.25) is 9.59 Å². The van der Waals surface area contributed by atoms with E-state index in [1.54, 1.807) is 49.6 Å². The lowest BCUT2D eigenvalue weighted by Gasteiger charge is -2.04. The third-order valence-corrected chi connectivity index (χ3v) is 5.09. The molecule has 0 aliphatic heterocycles. The lowest BCUT2D eigenvalue weighted by Crippen LogP contribution is -2.12. The average Bonchev–Trinajstić information content (AvgIpc) is 3.34. The summed E-state index contributed by atoms with van der Waals surface area (Å²) in [5.74, 6) is 1.08. The number of ketones is 1. The SMILES string of the molecule is COc1ccc(C(=O)c2oc3cc(NC(=O)CCc4cc(Cl)no4)ccc3c2C)cc1. The van der Waals surface area contributed by atoms with Crippen LogP contribution < -0.4 is 10.1 Å². The Morgan fingerprint density at radius 3 is 2.58 bits per heavy atom. The van der Waals surface area contributed by atoms with Crippen LogP contribution in [-0.2, 0) is 11.2 Å². The van der Waals surface area contributed by atoms with Gasteiger partial charge in [0, 0.05) is 47.2 Å². The fourth-order valence-electron chi connectivity index (χ4n) is 3.26. The highest BCUT2D eigenvalue weighted by Crippen LogP contribution is 2.29. The number of aromatic nitrogens is 1. The van der Waals surface area contributed by atoms with Crippen molar-refractivity contribution in [3.63, 3.8) is 0 Å². The molecule has 0 unspecified atom stereocenters. The number of aryl methyl sites for hydroxylation is 2. The molecule has 4 aromatic rings. The number of halogens is 1. The van der Waals surface area contributed by atoms with Crippen molar-refractivity contribution in [2.24, 2.45) is 0 Å². The first-order valence-corrected chi connectivity index (χ1v) is 9.95. The summed E-state index contributed by atoms with van der Waals surface area (Å²) in [5.41, 5.74) is 2.35. The van der Waals surface area contributed by atoms with E-state index in [2.05, 4.69) is 10.5 Å². The number of carbonyl (C=O) groups is 2. The molecule has 31 heavy (non-hydrogen) atoms. The Hall–Kier alpha value is -3.58. The van der Waals surface area contributed by atoms with Gasteiger partial charge >= 0.3 is 0 Å². The highest BCUT2D eigenvalue weighted by molar-refractivity contribution is 6.29. The molecule has 1 N–H and O–H groups in total.